The first-order valence-corrected chi connectivity index (χ1v) is 11.1. The molecule has 0 saturated carbocycles. The van der Waals surface area contributed by atoms with Gasteiger partial charge in [-0.3, -0.25) is 4.72 Å². The minimum Gasteiger partial charge on any atom is -0.495 e. The van der Waals surface area contributed by atoms with E-state index in [2.05, 4.69) is 10.0 Å². The summed E-state index contributed by atoms with van der Waals surface area (Å²) in [4.78, 5) is 0.0296. The Kier molecular flexibility index (Phi) is 5.57. The van der Waals surface area contributed by atoms with Crippen LogP contribution in [-0.4, -0.2) is 40.9 Å². The molecular formula is C21H23FN2O5S. The zero-order valence-corrected chi connectivity index (χ0v) is 17.5. The maximum Gasteiger partial charge on any atom is 0.265 e. The van der Waals surface area contributed by atoms with Crippen LogP contribution in [0.1, 0.15) is 12.0 Å². The van der Waals surface area contributed by atoms with Gasteiger partial charge < -0.3 is 19.2 Å². The van der Waals surface area contributed by atoms with Crippen molar-refractivity contribution < 1.29 is 26.7 Å². The standard InChI is InChI=1S/C21H23FN2O5S/c1-13-3-4-18(27-2)20(9-13)30(25,26)24-15-10-14-6-8-28-21(14)19(11-15)29-17-5-7-23-12-16(17)22/h3-4,6,8-11,16-17,23-24H,5,7,12H2,1-2H3. The monoisotopic (exact) mass is 434 g/mol. The van der Waals surface area contributed by atoms with Crippen LogP contribution in [0.3, 0.4) is 0 Å². The number of rotatable bonds is 6. The number of piperidine rings is 1. The molecule has 0 radical (unpaired) electrons. The molecule has 1 aromatic heterocycles. The fraction of sp³-hybridized carbons (Fsp3) is 0.333. The second-order valence-corrected chi connectivity index (χ2v) is 8.89. The Bertz CT molecular complexity index is 1160. The Balaban J connectivity index is 1.69. The Morgan fingerprint density at radius 1 is 1.20 bits per heavy atom. The molecule has 1 aliphatic rings. The van der Waals surface area contributed by atoms with Crippen molar-refractivity contribution in [1.82, 2.24) is 5.32 Å². The van der Waals surface area contributed by atoms with Crippen LogP contribution >= 0.6 is 0 Å². The van der Waals surface area contributed by atoms with Crippen LogP contribution in [0.5, 0.6) is 11.5 Å². The average molecular weight is 434 g/mol. The Morgan fingerprint density at radius 3 is 2.80 bits per heavy atom. The lowest BCUT2D eigenvalue weighted by atomic mass is 10.1. The number of halogens is 1. The van der Waals surface area contributed by atoms with Gasteiger partial charge >= 0.3 is 0 Å². The molecule has 2 N–H and O–H groups in total. The summed E-state index contributed by atoms with van der Waals surface area (Å²) >= 11 is 0. The number of aryl methyl sites for hydroxylation is 1. The Morgan fingerprint density at radius 2 is 2.03 bits per heavy atom. The van der Waals surface area contributed by atoms with E-state index in [4.69, 9.17) is 13.9 Å². The Labute approximate surface area is 174 Å². The molecule has 2 heterocycles. The maximum absolute atomic E-state index is 14.2. The van der Waals surface area contributed by atoms with E-state index in [1.165, 1.54) is 25.5 Å². The first kappa shape index (κ1) is 20.5. The van der Waals surface area contributed by atoms with E-state index in [0.29, 0.717) is 29.7 Å². The van der Waals surface area contributed by atoms with Gasteiger partial charge in [0.25, 0.3) is 10.0 Å². The number of sulfonamides is 1. The van der Waals surface area contributed by atoms with Crippen LogP contribution in [-0.2, 0) is 10.0 Å². The predicted molar refractivity (Wildman–Crippen MR) is 112 cm³/mol. The number of alkyl halides is 1. The van der Waals surface area contributed by atoms with Crippen molar-refractivity contribution in [3.63, 3.8) is 0 Å². The number of fused-ring (bicyclic) bond motifs is 1. The maximum atomic E-state index is 14.2. The van der Waals surface area contributed by atoms with Crippen LogP contribution in [0.25, 0.3) is 11.0 Å². The van der Waals surface area contributed by atoms with E-state index in [1.54, 1.807) is 31.2 Å². The summed E-state index contributed by atoms with van der Waals surface area (Å²) in [6.07, 6.45) is 0.179. The molecule has 2 aromatic carbocycles. The quantitative estimate of drug-likeness (QED) is 0.616. The zero-order chi connectivity index (χ0) is 21.3. The summed E-state index contributed by atoms with van der Waals surface area (Å²) in [5, 5.41) is 3.62. The first-order chi connectivity index (χ1) is 14.4. The van der Waals surface area contributed by atoms with Gasteiger partial charge in [0.15, 0.2) is 11.3 Å². The molecule has 2 unspecified atom stereocenters. The number of methoxy groups -OCH3 is 1. The van der Waals surface area contributed by atoms with E-state index in [9.17, 15) is 12.8 Å². The van der Waals surface area contributed by atoms with Gasteiger partial charge in [-0.15, -0.1) is 0 Å². The summed E-state index contributed by atoms with van der Waals surface area (Å²) in [5.74, 6) is 0.532. The van der Waals surface area contributed by atoms with Crippen molar-refractivity contribution in [1.29, 1.82) is 0 Å². The Hall–Kier alpha value is -2.78. The zero-order valence-electron chi connectivity index (χ0n) is 16.6. The number of benzene rings is 2. The predicted octanol–water partition coefficient (Wildman–Crippen LogP) is 3.63. The summed E-state index contributed by atoms with van der Waals surface area (Å²) in [6.45, 7) is 2.66. The van der Waals surface area contributed by atoms with E-state index < -0.39 is 22.3 Å². The van der Waals surface area contributed by atoms with Crippen LogP contribution < -0.4 is 19.5 Å². The highest BCUT2D eigenvalue weighted by Gasteiger charge is 2.28. The summed E-state index contributed by atoms with van der Waals surface area (Å²) < 4.78 is 59.5. The topological polar surface area (TPSA) is 89.8 Å². The third-order valence-electron chi connectivity index (χ3n) is 5.00. The lowest BCUT2D eigenvalue weighted by molar-refractivity contribution is 0.0736. The normalized spacial score (nSPS) is 19.6. The summed E-state index contributed by atoms with van der Waals surface area (Å²) in [7, 11) is -2.52. The highest BCUT2D eigenvalue weighted by molar-refractivity contribution is 7.92. The van der Waals surface area contributed by atoms with Crippen LogP contribution in [0, 0.1) is 6.92 Å². The first-order valence-electron chi connectivity index (χ1n) is 9.57. The van der Waals surface area contributed by atoms with Crippen LogP contribution in [0.4, 0.5) is 10.1 Å². The van der Waals surface area contributed by atoms with Crippen LogP contribution in [0.2, 0.25) is 0 Å². The fourth-order valence-corrected chi connectivity index (χ4v) is 4.79. The molecule has 1 aliphatic heterocycles. The molecular weight excluding hydrogens is 411 g/mol. The fourth-order valence-electron chi connectivity index (χ4n) is 3.49. The molecule has 0 spiro atoms. The van der Waals surface area contributed by atoms with E-state index in [0.717, 1.165) is 5.56 Å². The summed E-state index contributed by atoms with van der Waals surface area (Å²) in [6, 6.07) is 9.77. The second kappa shape index (κ2) is 8.16. The molecule has 3 aromatic rings. The number of furan rings is 1. The molecule has 7 nitrogen and oxygen atoms in total. The van der Waals surface area contributed by atoms with E-state index in [-0.39, 0.29) is 22.9 Å². The third kappa shape index (κ3) is 4.08. The minimum absolute atomic E-state index is 0.0296. The minimum atomic E-state index is -3.94. The molecule has 4 rings (SSSR count). The largest absolute Gasteiger partial charge is 0.495 e. The van der Waals surface area contributed by atoms with Crippen molar-refractivity contribution in [3.05, 3.63) is 48.2 Å². The van der Waals surface area contributed by atoms with Crippen molar-refractivity contribution >= 4 is 26.7 Å². The lowest BCUT2D eigenvalue weighted by Gasteiger charge is -2.27. The molecule has 160 valence electrons. The van der Waals surface area contributed by atoms with Gasteiger partial charge in [0.2, 0.25) is 0 Å². The number of nitrogens with one attached hydrogen (secondary N) is 2. The smallest absolute Gasteiger partial charge is 0.265 e. The molecule has 1 fully saturated rings. The van der Waals surface area contributed by atoms with Gasteiger partial charge in [0.05, 0.1) is 19.1 Å². The van der Waals surface area contributed by atoms with Gasteiger partial charge in [-0.2, -0.15) is 0 Å². The number of ether oxygens (including phenoxy) is 2. The molecule has 2 atom stereocenters. The molecule has 9 heteroatoms. The number of hydrogen-bond donors (Lipinski definition) is 2. The van der Waals surface area contributed by atoms with Crippen LogP contribution in [0.15, 0.2) is 52.0 Å². The molecule has 1 saturated heterocycles. The number of anilines is 1. The van der Waals surface area contributed by atoms with E-state index in [1.807, 2.05) is 0 Å². The van der Waals surface area contributed by atoms with Crippen molar-refractivity contribution in [2.75, 3.05) is 24.9 Å². The molecule has 30 heavy (non-hydrogen) atoms. The second-order valence-electron chi connectivity index (χ2n) is 7.24. The van der Waals surface area contributed by atoms with Gasteiger partial charge in [0.1, 0.15) is 22.9 Å². The van der Waals surface area contributed by atoms with Gasteiger partial charge in [-0.05, 0) is 49.7 Å². The van der Waals surface area contributed by atoms with Gasteiger partial charge in [-0.1, -0.05) is 6.07 Å². The van der Waals surface area contributed by atoms with Gasteiger partial charge in [-0.25, -0.2) is 12.8 Å². The van der Waals surface area contributed by atoms with Crippen molar-refractivity contribution in [3.8, 4) is 11.5 Å². The third-order valence-corrected chi connectivity index (χ3v) is 6.41. The molecule has 0 aliphatic carbocycles. The molecule has 0 amide bonds. The highest BCUT2D eigenvalue weighted by Crippen LogP contribution is 2.34. The number of hydrogen-bond acceptors (Lipinski definition) is 6. The molecule has 0 bridgehead atoms. The van der Waals surface area contributed by atoms with Gasteiger partial charge in [0, 0.05) is 18.0 Å². The SMILES string of the molecule is COc1ccc(C)cc1S(=O)(=O)Nc1cc(OC2CCNCC2F)c2occc2c1. The van der Waals surface area contributed by atoms with E-state index >= 15 is 0 Å². The van der Waals surface area contributed by atoms with Crippen molar-refractivity contribution in [2.45, 2.75) is 30.5 Å². The average Bonchev–Trinajstić information content (AvgIpc) is 3.18. The summed E-state index contributed by atoms with van der Waals surface area (Å²) in [5.41, 5.74) is 1.51. The van der Waals surface area contributed by atoms with Crippen molar-refractivity contribution in [2.24, 2.45) is 0 Å². The lowest BCUT2D eigenvalue weighted by Crippen LogP contribution is -2.44. The highest BCUT2D eigenvalue weighted by atomic mass is 32.2.